The average molecular weight is 392 g/mol. The van der Waals surface area contributed by atoms with Gasteiger partial charge in [-0.1, -0.05) is 18.2 Å². The van der Waals surface area contributed by atoms with Crippen molar-refractivity contribution in [2.24, 2.45) is 0 Å². The highest BCUT2D eigenvalue weighted by atomic mass is 19.1. The number of hydrogen-bond donors (Lipinski definition) is 1. The molecule has 0 spiro atoms. The first kappa shape index (κ1) is 18.5. The Kier molecular flexibility index (Phi) is 4.64. The Bertz CT molecular complexity index is 1130. The van der Waals surface area contributed by atoms with Crippen molar-refractivity contribution in [1.29, 1.82) is 0 Å². The number of pyridine rings is 1. The van der Waals surface area contributed by atoms with Crippen LogP contribution < -0.4 is 4.90 Å². The van der Waals surface area contributed by atoms with E-state index in [1.807, 2.05) is 0 Å². The van der Waals surface area contributed by atoms with E-state index in [0.29, 0.717) is 0 Å². The summed E-state index contributed by atoms with van der Waals surface area (Å²) in [5.74, 6) is -3.52. The van der Waals surface area contributed by atoms with Gasteiger partial charge in [0.25, 0.3) is 11.7 Å². The minimum absolute atomic E-state index is 0.0339. The summed E-state index contributed by atoms with van der Waals surface area (Å²) in [6, 6.07) is 12.3. The molecule has 1 unspecified atom stereocenters. The smallest absolute Gasteiger partial charge is 0.300 e. The number of aliphatic hydroxyl groups is 1. The van der Waals surface area contributed by atoms with Gasteiger partial charge in [0.05, 0.1) is 11.6 Å². The number of carbonyl (C=O) groups is 2. The van der Waals surface area contributed by atoms with Crippen LogP contribution >= 0.6 is 0 Å². The number of benzene rings is 2. The highest BCUT2D eigenvalue weighted by molar-refractivity contribution is 6.51. The lowest BCUT2D eigenvalue weighted by molar-refractivity contribution is -0.132. The number of aromatic nitrogens is 1. The summed E-state index contributed by atoms with van der Waals surface area (Å²) in [7, 11) is 0. The first-order valence-corrected chi connectivity index (χ1v) is 8.70. The highest BCUT2D eigenvalue weighted by Crippen LogP contribution is 2.42. The predicted molar refractivity (Wildman–Crippen MR) is 102 cm³/mol. The number of nitrogens with zero attached hydrogens (tertiary/aromatic N) is 2. The minimum Gasteiger partial charge on any atom is -0.507 e. The lowest BCUT2D eigenvalue weighted by Gasteiger charge is -2.25. The fourth-order valence-electron chi connectivity index (χ4n) is 3.36. The Morgan fingerprint density at radius 3 is 2.24 bits per heavy atom. The summed E-state index contributed by atoms with van der Waals surface area (Å²) < 4.78 is 28.0. The van der Waals surface area contributed by atoms with E-state index in [1.165, 1.54) is 54.9 Å². The van der Waals surface area contributed by atoms with E-state index in [0.717, 1.165) is 17.0 Å². The SMILES string of the molecule is O=C1C(=O)N(c2ccc(F)cc2)C(c2ccccc2F)/C1=C(/O)c1ccncc1. The number of anilines is 1. The second-order valence-corrected chi connectivity index (χ2v) is 6.40. The Labute approximate surface area is 164 Å². The number of ketones is 1. The van der Waals surface area contributed by atoms with Gasteiger partial charge in [0.2, 0.25) is 0 Å². The molecular weight excluding hydrogens is 378 g/mol. The van der Waals surface area contributed by atoms with Crippen LogP contribution in [0.25, 0.3) is 5.76 Å². The third-order valence-electron chi connectivity index (χ3n) is 4.70. The second kappa shape index (κ2) is 7.27. The molecule has 1 aromatic heterocycles. The van der Waals surface area contributed by atoms with Gasteiger partial charge in [0, 0.05) is 29.2 Å². The van der Waals surface area contributed by atoms with Gasteiger partial charge in [0.15, 0.2) is 0 Å². The van der Waals surface area contributed by atoms with Crippen LogP contribution in [0.2, 0.25) is 0 Å². The summed E-state index contributed by atoms with van der Waals surface area (Å²) in [6.07, 6.45) is 2.84. The van der Waals surface area contributed by atoms with Crippen molar-refractivity contribution >= 4 is 23.1 Å². The van der Waals surface area contributed by atoms with Gasteiger partial charge in [-0.15, -0.1) is 0 Å². The maximum atomic E-state index is 14.7. The molecule has 1 saturated heterocycles. The fraction of sp³-hybridized carbons (Fsp3) is 0.0455. The lowest BCUT2D eigenvalue weighted by atomic mass is 9.95. The molecule has 1 fully saturated rings. The largest absolute Gasteiger partial charge is 0.507 e. The van der Waals surface area contributed by atoms with Crippen LogP contribution in [0.4, 0.5) is 14.5 Å². The third kappa shape index (κ3) is 3.16. The van der Waals surface area contributed by atoms with E-state index >= 15 is 0 Å². The number of hydrogen-bond acceptors (Lipinski definition) is 4. The van der Waals surface area contributed by atoms with Crippen molar-refractivity contribution < 1.29 is 23.5 Å². The van der Waals surface area contributed by atoms with Crippen LogP contribution in [0.15, 0.2) is 78.6 Å². The molecular formula is C22H14F2N2O3. The molecule has 0 aliphatic carbocycles. The average Bonchev–Trinajstić information content (AvgIpc) is 3.00. The van der Waals surface area contributed by atoms with Gasteiger partial charge in [-0.3, -0.25) is 19.5 Å². The molecule has 1 aliphatic heterocycles. The summed E-state index contributed by atoms with van der Waals surface area (Å²) in [6.45, 7) is 0. The maximum Gasteiger partial charge on any atom is 0.300 e. The first-order valence-electron chi connectivity index (χ1n) is 8.70. The molecule has 144 valence electrons. The first-order chi connectivity index (χ1) is 14.0. The van der Waals surface area contributed by atoms with Crippen molar-refractivity contribution in [2.45, 2.75) is 6.04 Å². The molecule has 7 heteroatoms. The zero-order valence-corrected chi connectivity index (χ0v) is 14.9. The molecule has 1 aliphatic rings. The topological polar surface area (TPSA) is 70.5 Å². The van der Waals surface area contributed by atoms with E-state index in [1.54, 1.807) is 6.07 Å². The van der Waals surface area contributed by atoms with Gasteiger partial charge < -0.3 is 5.11 Å². The van der Waals surface area contributed by atoms with Crippen molar-refractivity contribution in [1.82, 2.24) is 4.98 Å². The van der Waals surface area contributed by atoms with Gasteiger partial charge in [-0.25, -0.2) is 8.78 Å². The van der Waals surface area contributed by atoms with Crippen molar-refractivity contribution in [3.05, 3.63) is 101 Å². The quantitative estimate of drug-likeness (QED) is 0.416. The second-order valence-electron chi connectivity index (χ2n) is 6.40. The van der Waals surface area contributed by atoms with Gasteiger partial charge in [-0.05, 0) is 42.5 Å². The fourth-order valence-corrected chi connectivity index (χ4v) is 3.36. The molecule has 5 nitrogen and oxygen atoms in total. The third-order valence-corrected chi connectivity index (χ3v) is 4.70. The van der Waals surface area contributed by atoms with E-state index in [4.69, 9.17) is 0 Å². The van der Waals surface area contributed by atoms with Gasteiger partial charge in [-0.2, -0.15) is 0 Å². The van der Waals surface area contributed by atoms with Crippen LogP contribution in [-0.4, -0.2) is 21.8 Å². The predicted octanol–water partition coefficient (Wildman–Crippen LogP) is 3.99. The summed E-state index contributed by atoms with van der Waals surface area (Å²) in [5.41, 5.74) is 0.247. The minimum atomic E-state index is -1.21. The summed E-state index contributed by atoms with van der Waals surface area (Å²) >= 11 is 0. The normalized spacial score (nSPS) is 18.3. The molecule has 0 radical (unpaired) electrons. The van der Waals surface area contributed by atoms with Crippen LogP contribution in [-0.2, 0) is 9.59 Å². The van der Waals surface area contributed by atoms with Crippen LogP contribution in [0.5, 0.6) is 0 Å². The monoisotopic (exact) mass is 392 g/mol. The van der Waals surface area contributed by atoms with Crippen LogP contribution in [0, 0.1) is 11.6 Å². The number of aliphatic hydroxyl groups excluding tert-OH is 1. The molecule has 4 rings (SSSR count). The lowest BCUT2D eigenvalue weighted by Crippen LogP contribution is -2.29. The number of carbonyl (C=O) groups excluding carboxylic acids is 2. The molecule has 1 amide bonds. The molecule has 1 atom stereocenters. The Balaban J connectivity index is 1.97. The Morgan fingerprint density at radius 1 is 0.931 bits per heavy atom. The van der Waals surface area contributed by atoms with Crippen molar-refractivity contribution in [2.75, 3.05) is 4.90 Å². The van der Waals surface area contributed by atoms with E-state index < -0.39 is 35.1 Å². The zero-order valence-electron chi connectivity index (χ0n) is 14.9. The molecule has 2 aromatic carbocycles. The summed E-state index contributed by atoms with van der Waals surface area (Å²) in [5, 5.41) is 10.8. The Morgan fingerprint density at radius 2 is 1.59 bits per heavy atom. The molecule has 0 saturated carbocycles. The number of Topliss-reactive ketones (excluding diaryl/α,β-unsaturated/α-hetero) is 1. The maximum absolute atomic E-state index is 14.7. The molecule has 0 bridgehead atoms. The molecule has 2 heterocycles. The van der Waals surface area contributed by atoms with E-state index in [2.05, 4.69) is 4.98 Å². The summed E-state index contributed by atoms with van der Waals surface area (Å²) in [4.78, 5) is 30.6. The Hall–Kier alpha value is -3.87. The number of amides is 1. The molecule has 29 heavy (non-hydrogen) atoms. The zero-order chi connectivity index (χ0) is 20.5. The van der Waals surface area contributed by atoms with Gasteiger partial charge >= 0.3 is 0 Å². The van der Waals surface area contributed by atoms with Crippen LogP contribution in [0.3, 0.4) is 0 Å². The van der Waals surface area contributed by atoms with Gasteiger partial charge in [0.1, 0.15) is 17.4 Å². The standard InChI is InChI=1S/C22H14F2N2O3/c23-14-5-7-15(8-6-14)26-19(16-3-1-2-4-17(16)24)18(21(28)22(26)29)20(27)13-9-11-25-12-10-13/h1-12,19,27H/b20-18-. The van der Waals surface area contributed by atoms with E-state index in [9.17, 15) is 23.5 Å². The van der Waals surface area contributed by atoms with Crippen molar-refractivity contribution in [3.63, 3.8) is 0 Å². The van der Waals surface area contributed by atoms with Crippen LogP contribution in [0.1, 0.15) is 17.2 Å². The van der Waals surface area contributed by atoms with Crippen molar-refractivity contribution in [3.8, 4) is 0 Å². The number of halogens is 2. The number of rotatable bonds is 3. The highest BCUT2D eigenvalue weighted by Gasteiger charge is 2.47. The van der Waals surface area contributed by atoms with E-state index in [-0.39, 0.29) is 22.4 Å². The molecule has 1 N–H and O–H groups in total. The molecule has 3 aromatic rings.